The Morgan fingerprint density at radius 1 is 1.00 bits per heavy atom. The normalized spacial score (nSPS) is 11.9. The Bertz CT molecular complexity index is 556. The van der Waals surface area contributed by atoms with Gasteiger partial charge >= 0.3 is 5.97 Å². The van der Waals surface area contributed by atoms with E-state index in [0.717, 1.165) is 16.7 Å². The molecule has 0 heterocycles. The molecule has 4 nitrogen and oxygen atoms in total. The van der Waals surface area contributed by atoms with Crippen LogP contribution in [0.5, 0.6) is 0 Å². The first-order chi connectivity index (χ1) is 11.1. The van der Waals surface area contributed by atoms with E-state index in [9.17, 15) is 9.59 Å². The molecule has 0 saturated carbocycles. The zero-order valence-electron chi connectivity index (χ0n) is 15.9. The minimum absolute atomic E-state index is 0.116. The van der Waals surface area contributed by atoms with Crippen molar-refractivity contribution < 1.29 is 18.9 Å². The van der Waals surface area contributed by atoms with Crippen molar-refractivity contribution in [2.24, 2.45) is 11.8 Å². The molecule has 0 aromatic heterocycles. The Balaban J connectivity index is 0.00000254. The van der Waals surface area contributed by atoms with Gasteiger partial charge < -0.3 is 9.30 Å². The van der Waals surface area contributed by atoms with Crippen LogP contribution in [0.4, 0.5) is 0 Å². The van der Waals surface area contributed by atoms with Crippen LogP contribution in [0.2, 0.25) is 0 Å². The van der Waals surface area contributed by atoms with Crippen molar-refractivity contribution in [2.75, 3.05) is 0 Å². The van der Waals surface area contributed by atoms with Gasteiger partial charge in [0.05, 0.1) is 15.2 Å². The highest BCUT2D eigenvalue weighted by atomic mass is 31.0. The number of hydrogen-bond donors (Lipinski definition) is 0. The Morgan fingerprint density at radius 2 is 1.46 bits per heavy atom. The number of rotatable bonds is 6. The van der Waals surface area contributed by atoms with Crippen LogP contribution in [0.15, 0.2) is 12.1 Å². The van der Waals surface area contributed by atoms with Crippen LogP contribution in [0.25, 0.3) is 0 Å². The summed E-state index contributed by atoms with van der Waals surface area (Å²) in [7, 11) is 0.611. The lowest BCUT2D eigenvalue weighted by atomic mass is 9.85. The molecule has 0 aliphatic carbocycles. The number of benzene rings is 1. The van der Waals surface area contributed by atoms with E-state index in [0.29, 0.717) is 21.1 Å². The number of carbonyl (C=O) groups is 2. The van der Waals surface area contributed by atoms with Gasteiger partial charge in [-0.3, -0.25) is 9.59 Å². The van der Waals surface area contributed by atoms with Crippen LogP contribution in [-0.2, 0) is 14.1 Å². The number of Topliss-reactive ketones (excluding diaryl/α,β-unsaturated/α-hetero) is 1. The first kappa shape index (κ1) is 22.6. The van der Waals surface area contributed by atoms with E-state index in [1.54, 1.807) is 13.8 Å². The standard InChI is InChI=1S/C19H28O3.H3OP/c1-11(2)8-16(19(21)22-12(3)4)18(20)17-14(6)9-13(5)10-15(17)7;1-2/h9-12,16H,8H2,1-7H3;2H3. The maximum absolute atomic E-state index is 13.0. The summed E-state index contributed by atoms with van der Waals surface area (Å²) in [5, 5.41) is 0. The number of aryl methyl sites for hydroxylation is 3. The van der Waals surface area contributed by atoms with Gasteiger partial charge in [-0.05, 0) is 58.1 Å². The van der Waals surface area contributed by atoms with Crippen LogP contribution in [-0.4, -0.2) is 17.9 Å². The van der Waals surface area contributed by atoms with E-state index in [1.807, 2.05) is 46.8 Å². The lowest BCUT2D eigenvalue weighted by Crippen LogP contribution is -2.30. The van der Waals surface area contributed by atoms with Crippen molar-refractivity contribution in [3.8, 4) is 0 Å². The molecule has 1 aromatic carbocycles. The molecule has 0 bridgehead atoms. The second-order valence-corrected chi connectivity index (χ2v) is 6.81. The van der Waals surface area contributed by atoms with Crippen LogP contribution in [0.3, 0.4) is 0 Å². The second kappa shape index (κ2) is 10.5. The van der Waals surface area contributed by atoms with Crippen molar-refractivity contribution >= 4 is 20.9 Å². The summed E-state index contributed by atoms with van der Waals surface area (Å²) in [5.74, 6) is -0.996. The van der Waals surface area contributed by atoms with Crippen LogP contribution < -0.4 is 0 Å². The predicted molar refractivity (Wildman–Crippen MR) is 101 cm³/mol. The van der Waals surface area contributed by atoms with Gasteiger partial charge in [-0.25, -0.2) is 0 Å². The molecule has 2 unspecified atom stereocenters. The summed E-state index contributed by atoms with van der Waals surface area (Å²) in [6.45, 7) is 13.5. The average molecular weight is 354 g/mol. The maximum atomic E-state index is 13.0. The lowest BCUT2D eigenvalue weighted by molar-refractivity contribution is -0.151. The van der Waals surface area contributed by atoms with Gasteiger partial charge in [0.1, 0.15) is 5.92 Å². The van der Waals surface area contributed by atoms with Crippen molar-refractivity contribution in [1.82, 2.24) is 0 Å². The van der Waals surface area contributed by atoms with Gasteiger partial charge in [-0.2, -0.15) is 0 Å². The van der Waals surface area contributed by atoms with E-state index in [2.05, 4.69) is 0 Å². The molecule has 0 N–H and O–H groups in total. The third kappa shape index (κ3) is 6.60. The van der Waals surface area contributed by atoms with Crippen molar-refractivity contribution in [3.63, 3.8) is 0 Å². The molecule has 0 aliphatic heterocycles. The largest absolute Gasteiger partial charge is 0.462 e. The summed E-state index contributed by atoms with van der Waals surface area (Å²) in [6.07, 6.45) is 0.298. The minimum Gasteiger partial charge on any atom is -0.462 e. The quantitative estimate of drug-likeness (QED) is 0.330. The zero-order chi connectivity index (χ0) is 19.0. The molecule has 0 saturated heterocycles. The van der Waals surface area contributed by atoms with Gasteiger partial charge in [0.2, 0.25) is 0 Å². The molecule has 0 amide bonds. The summed E-state index contributed by atoms with van der Waals surface area (Å²) in [6, 6.07) is 3.97. The van der Waals surface area contributed by atoms with Crippen molar-refractivity contribution in [1.29, 1.82) is 0 Å². The lowest BCUT2D eigenvalue weighted by Gasteiger charge is -2.20. The molecule has 0 fully saturated rings. The molecule has 0 aliphatic rings. The summed E-state index contributed by atoms with van der Waals surface area (Å²) in [5.41, 5.74) is 3.64. The fraction of sp³-hybridized carbons (Fsp3) is 0.579. The highest BCUT2D eigenvalue weighted by Gasteiger charge is 2.32. The molecule has 1 aromatic rings. The van der Waals surface area contributed by atoms with Gasteiger partial charge in [0, 0.05) is 5.56 Å². The fourth-order valence-electron chi connectivity index (χ4n) is 2.84. The Hall–Kier alpha value is -1.41. The third-order valence-electron chi connectivity index (χ3n) is 3.58. The molecule has 0 spiro atoms. The Labute approximate surface area is 147 Å². The Kier molecular flexibility index (Phi) is 9.84. The van der Waals surface area contributed by atoms with E-state index in [4.69, 9.17) is 9.30 Å². The van der Waals surface area contributed by atoms with Gasteiger partial charge in [-0.1, -0.05) is 31.5 Å². The van der Waals surface area contributed by atoms with E-state index in [-0.39, 0.29) is 17.8 Å². The molecule has 5 heteroatoms. The highest BCUT2D eigenvalue weighted by molar-refractivity contribution is 7.00. The average Bonchev–Trinajstić information content (AvgIpc) is 2.44. The first-order valence-electron chi connectivity index (χ1n) is 8.24. The third-order valence-corrected chi connectivity index (χ3v) is 3.58. The summed E-state index contributed by atoms with van der Waals surface area (Å²) >= 11 is 0. The number of carbonyl (C=O) groups excluding carboxylic acids is 2. The van der Waals surface area contributed by atoms with Crippen LogP contribution in [0.1, 0.15) is 61.2 Å². The van der Waals surface area contributed by atoms with Crippen molar-refractivity contribution in [3.05, 3.63) is 34.4 Å². The zero-order valence-corrected chi connectivity index (χ0v) is 17.3. The van der Waals surface area contributed by atoms with Gasteiger partial charge in [-0.15, -0.1) is 0 Å². The minimum atomic E-state index is -0.720. The smallest absolute Gasteiger partial charge is 0.317 e. The molecule has 136 valence electrons. The molecule has 0 radical (unpaired) electrons. The van der Waals surface area contributed by atoms with E-state index < -0.39 is 11.9 Å². The van der Waals surface area contributed by atoms with Gasteiger partial charge in [0.25, 0.3) is 0 Å². The summed E-state index contributed by atoms with van der Waals surface area (Å²) in [4.78, 5) is 25.3. The molecule has 24 heavy (non-hydrogen) atoms. The topological polar surface area (TPSA) is 60.4 Å². The second-order valence-electron chi connectivity index (χ2n) is 6.81. The van der Waals surface area contributed by atoms with E-state index in [1.165, 1.54) is 0 Å². The number of ketones is 1. The van der Waals surface area contributed by atoms with Crippen LogP contribution in [0, 0.1) is 32.6 Å². The number of esters is 1. The Morgan fingerprint density at radius 3 is 1.83 bits per heavy atom. The molecular formula is C19H31O4P. The predicted octanol–water partition coefficient (Wildman–Crippen LogP) is 4.35. The number of hydrogen-bond acceptors (Lipinski definition) is 4. The number of ether oxygens (including phenoxy) is 1. The SMILES string of the molecule is Cc1cc(C)c(C(=O)C(CC(C)C)C(=O)OC(C)C)c(C)c1.O=[PH3]. The van der Waals surface area contributed by atoms with Crippen LogP contribution >= 0.6 is 9.12 Å². The molecule has 1 rings (SSSR count). The molecular weight excluding hydrogens is 323 g/mol. The highest BCUT2D eigenvalue weighted by Crippen LogP contribution is 2.25. The van der Waals surface area contributed by atoms with Crippen molar-refractivity contribution in [2.45, 2.75) is 61.0 Å². The monoisotopic (exact) mass is 354 g/mol. The summed E-state index contributed by atoms with van der Waals surface area (Å²) < 4.78 is 13.6. The first-order valence-corrected chi connectivity index (χ1v) is 8.82. The molecule has 2 atom stereocenters. The van der Waals surface area contributed by atoms with Gasteiger partial charge in [0.15, 0.2) is 5.78 Å². The fourth-order valence-corrected chi connectivity index (χ4v) is 2.84. The van der Waals surface area contributed by atoms with E-state index >= 15 is 0 Å². The maximum Gasteiger partial charge on any atom is 0.317 e.